The van der Waals surface area contributed by atoms with Gasteiger partial charge in [0.25, 0.3) is 0 Å². The number of nitrogens with zero attached hydrogens (tertiary/aromatic N) is 1. The zero-order valence-corrected chi connectivity index (χ0v) is 9.91. The number of aryl methyl sites for hydroxylation is 1. The molecule has 0 bridgehead atoms. The third-order valence-corrected chi connectivity index (χ3v) is 3.54. The Morgan fingerprint density at radius 2 is 2.12 bits per heavy atom. The van der Waals surface area contributed by atoms with Crippen LogP contribution in [0.1, 0.15) is 20.8 Å². The first-order valence-corrected chi connectivity index (χ1v) is 5.77. The van der Waals surface area contributed by atoms with Crippen molar-refractivity contribution in [3.05, 3.63) is 46.3 Å². The second-order valence-electron chi connectivity index (χ2n) is 3.61. The van der Waals surface area contributed by atoms with Crippen LogP contribution in [-0.2, 0) is 0 Å². The highest BCUT2D eigenvalue weighted by Gasteiger charge is 2.10. The average molecular weight is 243 g/mol. The standard InChI is InChI=1S/C13H9NO2S/c1-8-6-9(7-14)2-3-10(8)11-4-5-12(17-11)13(15)16/h2-6H,1H3,(H,15,16). The quantitative estimate of drug-likeness (QED) is 0.880. The van der Waals surface area contributed by atoms with Crippen LogP contribution in [0, 0.1) is 18.3 Å². The molecule has 1 N–H and O–H groups in total. The predicted molar refractivity (Wildman–Crippen MR) is 66.2 cm³/mol. The van der Waals surface area contributed by atoms with E-state index in [4.69, 9.17) is 10.4 Å². The molecule has 2 aromatic rings. The van der Waals surface area contributed by atoms with Crippen molar-refractivity contribution in [1.82, 2.24) is 0 Å². The van der Waals surface area contributed by atoms with Gasteiger partial charge in [0.05, 0.1) is 11.6 Å². The van der Waals surface area contributed by atoms with Crippen LogP contribution in [0.2, 0.25) is 0 Å². The lowest BCUT2D eigenvalue weighted by atomic mass is 10.0. The first-order chi connectivity index (χ1) is 8.11. The fraction of sp³-hybridized carbons (Fsp3) is 0.0769. The molecule has 17 heavy (non-hydrogen) atoms. The van der Waals surface area contributed by atoms with Gasteiger partial charge in [-0.1, -0.05) is 6.07 Å². The molecular weight excluding hydrogens is 234 g/mol. The molecule has 1 heterocycles. The molecule has 0 spiro atoms. The summed E-state index contributed by atoms with van der Waals surface area (Å²) in [5, 5.41) is 17.6. The maximum absolute atomic E-state index is 10.8. The molecular formula is C13H9NO2S. The molecule has 1 aromatic heterocycles. The molecule has 0 atom stereocenters. The molecule has 84 valence electrons. The van der Waals surface area contributed by atoms with Gasteiger partial charge in [-0.3, -0.25) is 0 Å². The summed E-state index contributed by atoms with van der Waals surface area (Å²) in [5.74, 6) is -0.910. The molecule has 0 fully saturated rings. The molecule has 0 radical (unpaired) electrons. The van der Waals surface area contributed by atoms with Crippen LogP contribution in [0.15, 0.2) is 30.3 Å². The van der Waals surface area contributed by atoms with Gasteiger partial charge in [-0.15, -0.1) is 11.3 Å². The van der Waals surface area contributed by atoms with E-state index in [1.807, 2.05) is 13.0 Å². The van der Waals surface area contributed by atoms with Gasteiger partial charge in [0.15, 0.2) is 0 Å². The number of hydrogen-bond acceptors (Lipinski definition) is 3. The minimum Gasteiger partial charge on any atom is -0.477 e. The SMILES string of the molecule is Cc1cc(C#N)ccc1-c1ccc(C(=O)O)s1. The van der Waals surface area contributed by atoms with Gasteiger partial charge in [-0.05, 0) is 42.3 Å². The number of nitriles is 1. The summed E-state index contributed by atoms with van der Waals surface area (Å²) in [5.41, 5.74) is 2.56. The Morgan fingerprint density at radius 1 is 1.35 bits per heavy atom. The Balaban J connectivity index is 2.46. The van der Waals surface area contributed by atoms with E-state index in [1.165, 1.54) is 11.3 Å². The summed E-state index contributed by atoms with van der Waals surface area (Å²) in [6.45, 7) is 1.91. The normalized spacial score (nSPS) is 9.88. The van der Waals surface area contributed by atoms with Gasteiger partial charge < -0.3 is 5.11 Å². The number of carbonyl (C=O) groups is 1. The largest absolute Gasteiger partial charge is 0.477 e. The maximum atomic E-state index is 10.8. The van der Waals surface area contributed by atoms with Crippen LogP contribution in [0.3, 0.4) is 0 Å². The fourth-order valence-corrected chi connectivity index (χ4v) is 2.54. The number of carboxylic acid groups (broad SMARTS) is 1. The zero-order valence-electron chi connectivity index (χ0n) is 9.10. The second-order valence-corrected chi connectivity index (χ2v) is 4.69. The highest BCUT2D eigenvalue weighted by Crippen LogP contribution is 2.30. The van der Waals surface area contributed by atoms with E-state index >= 15 is 0 Å². The summed E-state index contributed by atoms with van der Waals surface area (Å²) in [6, 6.07) is 10.9. The molecule has 0 saturated carbocycles. The number of benzene rings is 1. The van der Waals surface area contributed by atoms with Gasteiger partial charge in [-0.25, -0.2) is 4.79 Å². The maximum Gasteiger partial charge on any atom is 0.345 e. The van der Waals surface area contributed by atoms with Crippen LogP contribution >= 0.6 is 11.3 Å². The van der Waals surface area contributed by atoms with Gasteiger partial charge in [0.2, 0.25) is 0 Å². The molecule has 1 aromatic carbocycles. The van der Waals surface area contributed by atoms with E-state index in [0.29, 0.717) is 10.4 Å². The van der Waals surface area contributed by atoms with E-state index < -0.39 is 5.97 Å². The molecule has 4 heteroatoms. The molecule has 0 aliphatic heterocycles. The lowest BCUT2D eigenvalue weighted by Gasteiger charge is -2.02. The van der Waals surface area contributed by atoms with Crippen molar-refractivity contribution in [3.63, 3.8) is 0 Å². The summed E-state index contributed by atoms with van der Waals surface area (Å²) in [6.07, 6.45) is 0. The third kappa shape index (κ3) is 2.19. The van der Waals surface area contributed by atoms with Crippen LogP contribution in [0.4, 0.5) is 0 Å². The highest BCUT2D eigenvalue weighted by molar-refractivity contribution is 7.17. The zero-order chi connectivity index (χ0) is 12.4. The van der Waals surface area contributed by atoms with Gasteiger partial charge >= 0.3 is 5.97 Å². The summed E-state index contributed by atoms with van der Waals surface area (Å²) < 4.78 is 0. The average Bonchev–Trinajstić information content (AvgIpc) is 2.78. The minimum absolute atomic E-state index is 0.323. The Kier molecular flexibility index (Phi) is 2.94. The van der Waals surface area contributed by atoms with Gasteiger partial charge in [0.1, 0.15) is 4.88 Å². The topological polar surface area (TPSA) is 61.1 Å². The summed E-state index contributed by atoms with van der Waals surface area (Å²) in [7, 11) is 0. The predicted octanol–water partition coefficient (Wildman–Crippen LogP) is 3.29. The minimum atomic E-state index is -0.910. The van der Waals surface area contributed by atoms with E-state index in [1.54, 1.807) is 24.3 Å². The van der Waals surface area contributed by atoms with Crippen molar-refractivity contribution < 1.29 is 9.90 Å². The Bertz CT molecular complexity index is 623. The van der Waals surface area contributed by atoms with Crippen molar-refractivity contribution in [2.75, 3.05) is 0 Å². The van der Waals surface area contributed by atoms with Crippen LogP contribution < -0.4 is 0 Å². The molecule has 0 unspecified atom stereocenters. The van der Waals surface area contributed by atoms with Gasteiger partial charge in [0, 0.05) is 4.88 Å². The van der Waals surface area contributed by atoms with Crippen molar-refractivity contribution >= 4 is 17.3 Å². The molecule has 0 amide bonds. The van der Waals surface area contributed by atoms with Crippen LogP contribution in [-0.4, -0.2) is 11.1 Å². The Hall–Kier alpha value is -2.12. The Labute approximate surface area is 103 Å². The van der Waals surface area contributed by atoms with E-state index in [2.05, 4.69) is 6.07 Å². The number of thiophene rings is 1. The number of hydrogen-bond donors (Lipinski definition) is 1. The van der Waals surface area contributed by atoms with E-state index in [9.17, 15) is 4.79 Å². The lowest BCUT2D eigenvalue weighted by molar-refractivity contribution is 0.0702. The lowest BCUT2D eigenvalue weighted by Crippen LogP contribution is -1.89. The van der Waals surface area contributed by atoms with Crippen LogP contribution in [0.5, 0.6) is 0 Å². The monoisotopic (exact) mass is 243 g/mol. The van der Waals surface area contributed by atoms with Gasteiger partial charge in [-0.2, -0.15) is 5.26 Å². The first-order valence-electron chi connectivity index (χ1n) is 4.96. The smallest absolute Gasteiger partial charge is 0.345 e. The number of aromatic carboxylic acids is 1. The summed E-state index contributed by atoms with van der Waals surface area (Å²) >= 11 is 1.24. The fourth-order valence-electron chi connectivity index (χ4n) is 1.61. The van der Waals surface area contributed by atoms with E-state index in [-0.39, 0.29) is 0 Å². The van der Waals surface area contributed by atoms with E-state index in [0.717, 1.165) is 16.0 Å². The van der Waals surface area contributed by atoms with Crippen LogP contribution in [0.25, 0.3) is 10.4 Å². The van der Waals surface area contributed by atoms with Crippen molar-refractivity contribution in [2.45, 2.75) is 6.92 Å². The Morgan fingerprint density at radius 3 is 2.65 bits per heavy atom. The second kappa shape index (κ2) is 4.40. The third-order valence-electron chi connectivity index (χ3n) is 2.44. The van der Waals surface area contributed by atoms with Crippen molar-refractivity contribution in [1.29, 1.82) is 5.26 Å². The molecule has 2 rings (SSSR count). The molecule has 0 aliphatic carbocycles. The molecule has 3 nitrogen and oxygen atoms in total. The first kappa shape index (κ1) is 11.4. The molecule has 0 aliphatic rings. The highest BCUT2D eigenvalue weighted by atomic mass is 32.1. The number of carboxylic acids is 1. The number of rotatable bonds is 2. The molecule has 0 saturated heterocycles. The summed E-state index contributed by atoms with van der Waals surface area (Å²) in [4.78, 5) is 12.0. The van der Waals surface area contributed by atoms with Crippen molar-refractivity contribution in [3.8, 4) is 16.5 Å². The van der Waals surface area contributed by atoms with Crippen molar-refractivity contribution in [2.24, 2.45) is 0 Å².